The van der Waals surface area contributed by atoms with Gasteiger partial charge in [0, 0.05) is 69.7 Å². The summed E-state index contributed by atoms with van der Waals surface area (Å²) in [6, 6.07) is 27.6. The van der Waals surface area contributed by atoms with Crippen LogP contribution in [0.1, 0.15) is 96.8 Å². The molecule has 11 rings (SSSR count). The van der Waals surface area contributed by atoms with Gasteiger partial charge in [0.05, 0.1) is 32.3 Å². The molecule has 2 aromatic heterocycles. The third kappa shape index (κ3) is 15.4. The Morgan fingerprint density at radius 3 is 1.33 bits per heavy atom. The highest BCUT2D eigenvalue weighted by Gasteiger charge is 2.51. The highest BCUT2D eigenvalue weighted by molar-refractivity contribution is 7.88. The first-order valence-electron chi connectivity index (χ1n) is 26.1. The summed E-state index contributed by atoms with van der Waals surface area (Å²) >= 11 is 35.8. The largest absolute Gasteiger partial charge is 0.534 e. The van der Waals surface area contributed by atoms with Crippen LogP contribution in [0.2, 0.25) is 30.1 Å². The van der Waals surface area contributed by atoms with Crippen LogP contribution in [0.3, 0.4) is 0 Å². The fourth-order valence-electron chi connectivity index (χ4n) is 9.40. The molecule has 4 fully saturated rings. The number of aryl methyl sites for hydroxylation is 2. The summed E-state index contributed by atoms with van der Waals surface area (Å²) < 4.78 is 139. The smallest absolute Gasteiger partial charge is 0.506 e. The molecule has 0 bridgehead atoms. The predicted octanol–water partition coefficient (Wildman–Crippen LogP) is 17.5. The number of hydrogen-bond donors (Lipinski definition) is 1. The first-order chi connectivity index (χ1) is 40.1. The van der Waals surface area contributed by atoms with E-state index in [1.54, 1.807) is 12.3 Å². The van der Waals surface area contributed by atoms with Crippen molar-refractivity contribution in [3.05, 3.63) is 180 Å². The van der Waals surface area contributed by atoms with Crippen molar-refractivity contribution >= 4 is 96.1 Å². The molecule has 1 N–H and O–H groups in total. The monoisotopic (exact) mass is 1330 g/mol. The fourth-order valence-corrected chi connectivity index (χ4v) is 11.7. The van der Waals surface area contributed by atoms with Crippen molar-refractivity contribution in [3.8, 4) is 51.0 Å². The van der Waals surface area contributed by atoms with Crippen LogP contribution < -0.4 is 17.8 Å². The number of aromatic nitrogens is 2. The Kier molecular flexibility index (Phi) is 19.2. The number of aldehydes is 1. The second-order valence-electron chi connectivity index (χ2n) is 20.7. The van der Waals surface area contributed by atoms with E-state index in [1.807, 2.05) is 55.0 Å². The van der Waals surface area contributed by atoms with Gasteiger partial charge in [-0.2, -0.15) is 43.2 Å². The lowest BCUT2D eigenvalue weighted by Gasteiger charge is -2.21. The summed E-state index contributed by atoms with van der Waals surface area (Å²) in [5.74, 6) is 0.331. The molecule has 4 aliphatic carbocycles. The Bertz CT molecular complexity index is 3880. The number of phenols is 1. The molecule has 4 aliphatic rings. The lowest BCUT2D eigenvalue weighted by molar-refractivity contribution is -0.0504. The molecule has 85 heavy (non-hydrogen) atoms. The van der Waals surface area contributed by atoms with Crippen LogP contribution in [-0.4, -0.2) is 61.4 Å². The highest BCUT2D eigenvalue weighted by Crippen LogP contribution is 2.57. The Hall–Kier alpha value is -5.71. The standard InChI is InChI=1S/C26H22Cl2F3NO4S.C25H23Cl2NO2.C8H3Cl2F3O4S/c27-21-14-24(36-37(33,34)26(29,30)31)22(28)13-16(21)7-9-25(10-11-25)20-15-32-12-8-18(20)19-3-1-2-4-23(19)35-17-5-6-17;26-21-14-23(29)22(27)13-16(21)7-9-25(10-11-25)20-15-28-12-8-18(20)19-3-1-2-4-24(19)30-17-5-6-17;9-5-2-7(6(10)1-4(5)3-14)17-18(15,16)8(11,12)13/h1-4,8,12-15,17H,5-7,9-11H2;1-4,8,12-15,17,29H,5-7,9-11H2;1-3H. The number of halogens is 12. The maximum atomic E-state index is 12.7. The number of pyridine rings is 2. The molecular formula is C59H48Cl6F6N2O10S2. The van der Waals surface area contributed by atoms with E-state index in [0.717, 1.165) is 116 Å². The van der Waals surface area contributed by atoms with Crippen molar-refractivity contribution < 1.29 is 70.9 Å². The van der Waals surface area contributed by atoms with Gasteiger partial charge in [0.2, 0.25) is 0 Å². The van der Waals surface area contributed by atoms with Crippen molar-refractivity contribution in [2.24, 2.45) is 0 Å². The number of nitrogens with zero attached hydrogens (tertiary/aromatic N) is 2. The van der Waals surface area contributed by atoms with Gasteiger partial charge in [-0.15, -0.1) is 0 Å². The summed E-state index contributed by atoms with van der Waals surface area (Å²) in [6.07, 6.45) is 19.8. The van der Waals surface area contributed by atoms with E-state index in [-0.39, 0.29) is 43.3 Å². The number of para-hydroxylation sites is 2. The van der Waals surface area contributed by atoms with Gasteiger partial charge in [0.1, 0.15) is 17.2 Å². The van der Waals surface area contributed by atoms with Gasteiger partial charge in [-0.25, -0.2) is 0 Å². The summed E-state index contributed by atoms with van der Waals surface area (Å²) in [7, 11) is -11.7. The van der Waals surface area contributed by atoms with Gasteiger partial charge in [-0.1, -0.05) is 106 Å². The van der Waals surface area contributed by atoms with E-state index >= 15 is 0 Å². The molecule has 0 amide bonds. The Morgan fingerprint density at radius 1 is 0.518 bits per heavy atom. The molecule has 450 valence electrons. The number of benzene rings is 5. The predicted molar refractivity (Wildman–Crippen MR) is 313 cm³/mol. The zero-order valence-corrected chi connectivity index (χ0v) is 50.3. The van der Waals surface area contributed by atoms with Gasteiger partial charge < -0.3 is 22.9 Å². The van der Waals surface area contributed by atoms with Gasteiger partial charge in [-0.05, 0) is 164 Å². The van der Waals surface area contributed by atoms with Gasteiger partial charge in [0.25, 0.3) is 0 Å². The quantitative estimate of drug-likeness (QED) is 0.0353. The Balaban J connectivity index is 0.000000162. The summed E-state index contributed by atoms with van der Waals surface area (Å²) in [4.78, 5) is 19.3. The van der Waals surface area contributed by atoms with Crippen LogP contribution in [0.5, 0.6) is 28.7 Å². The molecular weight excluding hydrogens is 1290 g/mol. The molecule has 0 unspecified atom stereocenters. The fraction of sp³-hybridized carbons (Fsp3) is 0.305. The molecule has 7 aromatic rings. The summed E-state index contributed by atoms with van der Waals surface area (Å²) in [5.41, 5.74) is -3.03. The summed E-state index contributed by atoms with van der Waals surface area (Å²) in [6.45, 7) is 0. The van der Waals surface area contributed by atoms with E-state index < -0.39 is 47.8 Å². The van der Waals surface area contributed by atoms with E-state index in [0.29, 0.717) is 46.9 Å². The Morgan fingerprint density at radius 2 is 0.918 bits per heavy atom. The average molecular weight is 1340 g/mol. The normalized spacial score (nSPS) is 16.0. The first-order valence-corrected chi connectivity index (χ1v) is 31.2. The molecule has 0 atom stereocenters. The van der Waals surface area contributed by atoms with Crippen molar-refractivity contribution in [1.82, 2.24) is 9.97 Å². The number of carbonyl (C=O) groups is 1. The number of rotatable bonds is 19. The van der Waals surface area contributed by atoms with Crippen LogP contribution in [0.4, 0.5) is 26.3 Å². The highest BCUT2D eigenvalue weighted by atomic mass is 35.5. The third-order valence-corrected chi connectivity index (χ3v) is 18.4. The number of ether oxygens (including phenoxy) is 2. The number of carbonyl (C=O) groups excluding carboxylic acids is 1. The molecule has 0 radical (unpaired) electrons. The third-order valence-electron chi connectivity index (χ3n) is 14.6. The van der Waals surface area contributed by atoms with Crippen molar-refractivity contribution in [2.45, 2.75) is 111 Å². The number of aromatic hydroxyl groups is 1. The molecule has 5 aromatic carbocycles. The maximum absolute atomic E-state index is 12.7. The second kappa shape index (κ2) is 25.6. The molecule has 2 heterocycles. The van der Waals surface area contributed by atoms with E-state index in [4.69, 9.17) is 79.1 Å². The molecule has 26 heteroatoms. The SMILES string of the molecule is O=Cc1cc(Cl)c(OS(=O)(=O)C(F)(F)F)cc1Cl.O=S(=O)(Oc1cc(Cl)c(CCC2(c3cnccc3-c3ccccc3OC3CC3)CC2)cc1Cl)C(F)(F)F.Oc1cc(Cl)c(CCC2(c3cnccc3-c3ccccc3OC3CC3)CC2)cc1Cl. The number of phenolic OH excluding ortho intramolecular Hbond substituents is 1. The maximum Gasteiger partial charge on any atom is 0.534 e. The summed E-state index contributed by atoms with van der Waals surface area (Å²) in [5, 5.41) is 9.68. The zero-order valence-electron chi connectivity index (χ0n) is 44.1. The topological polar surface area (TPSA) is 168 Å². The van der Waals surface area contributed by atoms with Crippen LogP contribution in [-0.2, 0) is 43.9 Å². The zero-order chi connectivity index (χ0) is 61.3. The van der Waals surface area contributed by atoms with Crippen LogP contribution in [0, 0.1) is 0 Å². The van der Waals surface area contributed by atoms with Crippen LogP contribution in [0.15, 0.2) is 122 Å². The lowest BCUT2D eigenvalue weighted by Crippen LogP contribution is -2.28. The van der Waals surface area contributed by atoms with Gasteiger partial charge in [-0.3, -0.25) is 14.8 Å². The molecule has 0 saturated heterocycles. The molecule has 0 aliphatic heterocycles. The molecule has 0 spiro atoms. The first kappa shape index (κ1) is 63.8. The van der Waals surface area contributed by atoms with Crippen molar-refractivity contribution in [3.63, 3.8) is 0 Å². The van der Waals surface area contributed by atoms with E-state index in [2.05, 4.69) is 42.6 Å². The van der Waals surface area contributed by atoms with E-state index in [1.165, 1.54) is 23.3 Å². The van der Waals surface area contributed by atoms with Gasteiger partial charge in [0.15, 0.2) is 17.8 Å². The minimum atomic E-state index is -5.86. The van der Waals surface area contributed by atoms with Crippen molar-refractivity contribution in [1.29, 1.82) is 0 Å². The van der Waals surface area contributed by atoms with E-state index in [9.17, 15) is 53.1 Å². The minimum Gasteiger partial charge on any atom is -0.506 e. The van der Waals surface area contributed by atoms with Crippen LogP contribution >= 0.6 is 69.6 Å². The molecule has 4 saturated carbocycles. The average Bonchev–Trinajstić information content (AvgIpc) is 4.38. The Labute approximate surface area is 515 Å². The van der Waals surface area contributed by atoms with Crippen molar-refractivity contribution in [2.75, 3.05) is 0 Å². The van der Waals surface area contributed by atoms with Gasteiger partial charge >= 0.3 is 31.3 Å². The number of hydrogen-bond acceptors (Lipinski definition) is 12. The van der Waals surface area contributed by atoms with Crippen LogP contribution in [0.25, 0.3) is 22.3 Å². The second-order valence-corrected chi connectivity index (χ2v) is 26.2. The molecule has 12 nitrogen and oxygen atoms in total. The number of alkyl halides is 6. The minimum absolute atomic E-state index is 0.0216. The lowest BCUT2D eigenvalue weighted by atomic mass is 9.85.